The second-order valence-corrected chi connectivity index (χ2v) is 12.9. The van der Waals surface area contributed by atoms with E-state index < -0.39 is 22.6 Å². The van der Waals surface area contributed by atoms with Crippen LogP contribution in [0, 0.1) is 11.3 Å². The summed E-state index contributed by atoms with van der Waals surface area (Å²) in [4.78, 5) is 31.4. The van der Waals surface area contributed by atoms with Gasteiger partial charge in [0.25, 0.3) is 0 Å². The number of carbonyl (C=O) groups excluding carboxylic acids is 1. The summed E-state index contributed by atoms with van der Waals surface area (Å²) in [5, 5.41) is 14.4. The highest BCUT2D eigenvalue weighted by atomic mass is 16.6. The summed E-state index contributed by atoms with van der Waals surface area (Å²) in [6, 6.07) is 0. The number of hydrogen-bond acceptors (Lipinski definition) is 6. The Labute approximate surface area is 216 Å². The highest BCUT2D eigenvalue weighted by molar-refractivity contribution is 5.70. The minimum absolute atomic E-state index is 0.175. The number of hydrogen-bond donors (Lipinski definition) is 1. The molecule has 0 aromatic carbocycles. The third-order valence-electron chi connectivity index (χ3n) is 7.99. The van der Waals surface area contributed by atoms with Crippen molar-refractivity contribution in [2.75, 3.05) is 6.54 Å². The Morgan fingerprint density at radius 1 is 1.11 bits per heavy atom. The van der Waals surface area contributed by atoms with E-state index in [-0.39, 0.29) is 18.3 Å². The minimum Gasteiger partial charge on any atom is -0.465 e. The van der Waals surface area contributed by atoms with E-state index in [0.29, 0.717) is 24.7 Å². The molecule has 1 aliphatic carbocycles. The van der Waals surface area contributed by atoms with Crippen LogP contribution in [0.3, 0.4) is 0 Å². The normalized spacial score (nSPS) is 22.9. The van der Waals surface area contributed by atoms with E-state index >= 15 is 0 Å². The zero-order valence-corrected chi connectivity index (χ0v) is 23.3. The van der Waals surface area contributed by atoms with Gasteiger partial charge < -0.3 is 14.4 Å². The van der Waals surface area contributed by atoms with Crippen LogP contribution in [-0.2, 0) is 15.1 Å². The molecule has 1 saturated heterocycles. The van der Waals surface area contributed by atoms with Crippen molar-refractivity contribution in [3.05, 3.63) is 11.7 Å². The van der Waals surface area contributed by atoms with E-state index in [1.54, 1.807) is 0 Å². The number of nitrogens with zero attached hydrogens (tertiary/aromatic N) is 3. The third-order valence-corrected chi connectivity index (χ3v) is 7.99. The van der Waals surface area contributed by atoms with E-state index in [1.165, 1.54) is 37.0 Å². The molecule has 2 fully saturated rings. The lowest BCUT2D eigenvalue weighted by Gasteiger charge is -2.51. The monoisotopic (exact) mass is 505 g/mol. The number of piperidine rings is 1. The molecule has 36 heavy (non-hydrogen) atoms. The summed E-state index contributed by atoms with van der Waals surface area (Å²) < 4.78 is 11.4. The number of rotatable bonds is 8. The molecular weight excluding hydrogens is 458 g/mol. The lowest BCUT2D eigenvalue weighted by atomic mass is 9.67. The van der Waals surface area contributed by atoms with E-state index in [9.17, 15) is 14.7 Å². The Kier molecular flexibility index (Phi) is 9.10. The van der Waals surface area contributed by atoms with Crippen LogP contribution in [0.5, 0.6) is 0 Å². The summed E-state index contributed by atoms with van der Waals surface area (Å²) in [6.07, 6.45) is 11.0. The van der Waals surface area contributed by atoms with Gasteiger partial charge in [0.2, 0.25) is 5.89 Å². The lowest BCUT2D eigenvalue weighted by molar-refractivity contribution is -0.155. The van der Waals surface area contributed by atoms with Gasteiger partial charge in [-0.3, -0.25) is 9.69 Å². The standard InChI is InChI=1S/C28H47N3O5/c1-26(2,3)28(17-10-11-18-31(28)25(33)34)24-29-23(36-30-24)21(19-22(32)35-27(4,5)6)16-12-15-20-13-8-7-9-14-20/h20-21H,7-19H2,1-6H3,(H,33,34)/t21-,28-/m1/s1. The molecule has 0 spiro atoms. The highest BCUT2D eigenvalue weighted by Crippen LogP contribution is 2.49. The molecule has 1 amide bonds. The number of likely N-dealkylation sites (tertiary alicyclic amines) is 1. The summed E-state index contributed by atoms with van der Waals surface area (Å²) >= 11 is 0. The zero-order valence-electron chi connectivity index (χ0n) is 23.3. The van der Waals surface area contributed by atoms with Crippen molar-refractivity contribution in [2.24, 2.45) is 11.3 Å². The Morgan fingerprint density at radius 3 is 2.42 bits per heavy atom. The predicted octanol–water partition coefficient (Wildman–Crippen LogP) is 7.04. The molecule has 1 aliphatic heterocycles. The largest absolute Gasteiger partial charge is 0.465 e. The van der Waals surface area contributed by atoms with Crippen LogP contribution in [0.25, 0.3) is 0 Å². The van der Waals surface area contributed by atoms with Crippen molar-refractivity contribution in [2.45, 2.75) is 136 Å². The minimum atomic E-state index is -0.964. The van der Waals surface area contributed by atoms with Gasteiger partial charge >= 0.3 is 12.1 Å². The summed E-state index contributed by atoms with van der Waals surface area (Å²) in [7, 11) is 0. The molecule has 0 unspecified atom stereocenters. The number of aromatic nitrogens is 2. The Bertz CT molecular complexity index is 878. The number of ether oxygens (including phenoxy) is 1. The van der Waals surface area contributed by atoms with Gasteiger partial charge in [-0.1, -0.05) is 70.9 Å². The van der Waals surface area contributed by atoms with E-state index in [1.807, 2.05) is 41.5 Å². The van der Waals surface area contributed by atoms with Crippen LogP contribution in [0.2, 0.25) is 0 Å². The van der Waals surface area contributed by atoms with Gasteiger partial charge in [-0.15, -0.1) is 0 Å². The average molecular weight is 506 g/mol. The number of esters is 1. The maximum Gasteiger partial charge on any atom is 0.408 e. The van der Waals surface area contributed by atoms with Crippen molar-refractivity contribution >= 4 is 12.1 Å². The SMILES string of the molecule is CC(C)(C)OC(=O)C[C@@H](CCCC1CCCCC1)c1nc([C@@]2(C(C)(C)C)CCCCN2C(=O)O)no1. The average Bonchev–Trinajstić information content (AvgIpc) is 3.27. The fourth-order valence-corrected chi connectivity index (χ4v) is 6.18. The van der Waals surface area contributed by atoms with Crippen molar-refractivity contribution in [1.82, 2.24) is 15.0 Å². The molecule has 204 valence electrons. The summed E-state index contributed by atoms with van der Waals surface area (Å²) in [6.45, 7) is 12.1. The van der Waals surface area contributed by atoms with Crippen LogP contribution in [0.4, 0.5) is 4.79 Å². The summed E-state index contributed by atoms with van der Waals surface area (Å²) in [5.74, 6) is 1.06. The van der Waals surface area contributed by atoms with Crippen molar-refractivity contribution in [3.8, 4) is 0 Å². The fraction of sp³-hybridized carbons (Fsp3) is 0.857. The molecule has 1 N–H and O–H groups in total. The van der Waals surface area contributed by atoms with Crippen LogP contribution in [0.1, 0.15) is 136 Å². The predicted molar refractivity (Wildman–Crippen MR) is 138 cm³/mol. The van der Waals surface area contributed by atoms with Gasteiger partial charge in [0.05, 0.1) is 6.42 Å². The van der Waals surface area contributed by atoms with Crippen molar-refractivity contribution in [1.29, 1.82) is 0 Å². The topological polar surface area (TPSA) is 106 Å². The van der Waals surface area contributed by atoms with E-state index in [4.69, 9.17) is 14.2 Å². The smallest absolute Gasteiger partial charge is 0.408 e. The van der Waals surface area contributed by atoms with Gasteiger partial charge in [0.15, 0.2) is 5.82 Å². The van der Waals surface area contributed by atoms with Gasteiger partial charge in [-0.05, 0) is 57.8 Å². The molecule has 2 heterocycles. The first-order valence-electron chi connectivity index (χ1n) is 13.9. The maximum atomic E-state index is 12.8. The molecule has 2 atom stereocenters. The molecule has 1 aromatic rings. The van der Waals surface area contributed by atoms with Crippen molar-refractivity contribution < 1.29 is 24.0 Å². The Morgan fingerprint density at radius 2 is 1.81 bits per heavy atom. The first kappa shape index (κ1) is 28.5. The second-order valence-electron chi connectivity index (χ2n) is 12.9. The fourth-order valence-electron chi connectivity index (χ4n) is 6.18. The number of amides is 1. The lowest BCUT2D eigenvalue weighted by Crippen LogP contribution is -2.59. The molecule has 1 aromatic heterocycles. The quantitative estimate of drug-likeness (QED) is 0.378. The van der Waals surface area contributed by atoms with Gasteiger partial charge in [-0.2, -0.15) is 4.98 Å². The molecule has 0 bridgehead atoms. The Hall–Kier alpha value is -2.12. The third kappa shape index (κ3) is 6.80. The Balaban J connectivity index is 1.86. The summed E-state index contributed by atoms with van der Waals surface area (Å²) in [5.41, 5.74) is -1.88. The number of carboxylic acid groups (broad SMARTS) is 1. The molecule has 8 nitrogen and oxygen atoms in total. The van der Waals surface area contributed by atoms with Crippen molar-refractivity contribution in [3.63, 3.8) is 0 Å². The van der Waals surface area contributed by atoms with E-state index in [2.05, 4.69) is 5.16 Å². The molecule has 0 radical (unpaired) electrons. The molecular formula is C28H47N3O5. The van der Waals surface area contributed by atoms with Crippen LogP contribution >= 0.6 is 0 Å². The van der Waals surface area contributed by atoms with Gasteiger partial charge in [0.1, 0.15) is 11.1 Å². The first-order chi connectivity index (χ1) is 16.8. The molecule has 2 aliphatic rings. The zero-order chi connectivity index (χ0) is 26.6. The van der Waals surface area contributed by atoms with Gasteiger partial charge in [-0.25, -0.2) is 4.79 Å². The highest BCUT2D eigenvalue weighted by Gasteiger charge is 2.54. The second kappa shape index (κ2) is 11.5. The molecule has 8 heteroatoms. The van der Waals surface area contributed by atoms with Crippen LogP contribution < -0.4 is 0 Å². The van der Waals surface area contributed by atoms with Crippen LogP contribution in [0.15, 0.2) is 4.52 Å². The molecule has 3 rings (SSSR count). The number of carbonyl (C=O) groups is 2. The molecule has 1 saturated carbocycles. The van der Waals surface area contributed by atoms with Crippen LogP contribution in [-0.4, -0.2) is 44.4 Å². The first-order valence-corrected chi connectivity index (χ1v) is 13.9. The van der Waals surface area contributed by atoms with Gasteiger partial charge in [0, 0.05) is 12.5 Å². The van der Waals surface area contributed by atoms with E-state index in [0.717, 1.165) is 38.0 Å². The maximum absolute atomic E-state index is 12.8.